The third-order valence-corrected chi connectivity index (χ3v) is 11.8. The minimum atomic E-state index is -0.418. The summed E-state index contributed by atoms with van der Waals surface area (Å²) in [6, 6.07) is 27.7. The van der Waals surface area contributed by atoms with Crippen LogP contribution in [-0.2, 0) is 18.4 Å². The van der Waals surface area contributed by atoms with E-state index in [9.17, 15) is 0 Å². The lowest BCUT2D eigenvalue weighted by Crippen LogP contribution is -2.50. The van der Waals surface area contributed by atoms with Crippen molar-refractivity contribution in [3.63, 3.8) is 0 Å². The largest absolute Gasteiger partial charge is 0.496 e. The highest BCUT2D eigenvalue weighted by Gasteiger charge is 2.46. The molecule has 3 fully saturated rings. The van der Waals surface area contributed by atoms with E-state index in [1.807, 2.05) is 0 Å². The molecule has 7 rings (SSSR count). The second-order valence-corrected chi connectivity index (χ2v) is 13.5. The predicted molar refractivity (Wildman–Crippen MR) is 146 cm³/mol. The van der Waals surface area contributed by atoms with E-state index < -0.39 is 8.07 Å². The number of rotatable bonds is 2. The summed E-state index contributed by atoms with van der Waals surface area (Å²) in [5.41, 5.74) is 7.50. The van der Waals surface area contributed by atoms with Crippen LogP contribution in [0.3, 0.4) is 0 Å². The Labute approximate surface area is 211 Å². The summed E-state index contributed by atoms with van der Waals surface area (Å²) >= 11 is 0. The summed E-state index contributed by atoms with van der Waals surface area (Å²) in [5, 5.41) is 4.12. The van der Waals surface area contributed by atoms with Gasteiger partial charge >= 0.3 is 0 Å². The maximum absolute atomic E-state index is 5.82. The van der Waals surface area contributed by atoms with Gasteiger partial charge in [0.2, 0.25) is 0 Å². The Bertz CT molecular complexity index is 1190. The van der Waals surface area contributed by atoms with Gasteiger partial charge in [-0.05, 0) is 67.0 Å². The Kier molecular flexibility index (Phi) is 6.21. The van der Waals surface area contributed by atoms with Gasteiger partial charge in [0, 0.05) is 36.6 Å². The van der Waals surface area contributed by atoms with Crippen molar-refractivity contribution in [2.45, 2.75) is 56.5 Å². The van der Waals surface area contributed by atoms with Crippen molar-refractivity contribution in [3.8, 4) is 5.75 Å². The maximum Gasteiger partial charge on any atom is 0.123 e. The van der Waals surface area contributed by atoms with Gasteiger partial charge in [0.25, 0.3) is 0 Å². The van der Waals surface area contributed by atoms with Crippen LogP contribution in [0.5, 0.6) is 5.75 Å². The number of nitrogens with one attached hydrogen (secondary N) is 1. The molecule has 3 atom stereocenters. The van der Waals surface area contributed by atoms with Gasteiger partial charge in [-0.15, -0.1) is 0 Å². The summed E-state index contributed by atoms with van der Waals surface area (Å²) in [6.07, 6.45) is 3.64. The highest BCUT2D eigenvalue weighted by Crippen LogP contribution is 2.66. The molecule has 3 nitrogen and oxygen atoms in total. The second kappa shape index (κ2) is 9.36. The first-order valence-corrected chi connectivity index (χ1v) is 14.5. The predicted octanol–water partition coefficient (Wildman–Crippen LogP) is 6.86. The molecule has 3 saturated heterocycles. The Balaban J connectivity index is 1.53. The lowest BCUT2D eigenvalue weighted by atomic mass is 9.78. The van der Waals surface area contributed by atoms with Gasteiger partial charge in [0.1, 0.15) is 5.75 Å². The van der Waals surface area contributed by atoms with Crippen LogP contribution < -0.4 is 10.1 Å². The van der Waals surface area contributed by atoms with E-state index in [1.165, 1.54) is 53.7 Å². The molecule has 182 valence electrons. The Morgan fingerprint density at radius 2 is 1.69 bits per heavy atom. The van der Waals surface area contributed by atoms with Crippen molar-refractivity contribution in [2.75, 3.05) is 20.2 Å². The van der Waals surface area contributed by atoms with Gasteiger partial charge in [-0.3, -0.25) is 4.67 Å². The standard InChI is InChI=1S/C31H37N2OP/c1-31(2)20-22-8-7-11-25(18-22)29(23-9-5-4-6-10-23)35-30(24-14-16-33(35)17-15-24)32-21-26-19-27(31)12-13-28(26)34-3/h4-13,18-19,24,29-30,32H,14-17,20-21H2,1-3H3/t29?,30-,35-/m1/s1. The van der Waals surface area contributed by atoms with Gasteiger partial charge in [0.15, 0.2) is 0 Å². The monoisotopic (exact) mass is 484 g/mol. The summed E-state index contributed by atoms with van der Waals surface area (Å²) in [6.45, 7) is 8.10. The van der Waals surface area contributed by atoms with Crippen LogP contribution in [0.4, 0.5) is 0 Å². The first-order chi connectivity index (χ1) is 17.0. The van der Waals surface area contributed by atoms with Crippen LogP contribution in [0.1, 0.15) is 60.2 Å². The highest BCUT2D eigenvalue weighted by atomic mass is 31.1. The van der Waals surface area contributed by atoms with Crippen LogP contribution in [0.2, 0.25) is 0 Å². The molecule has 4 aliphatic rings. The van der Waals surface area contributed by atoms with E-state index >= 15 is 0 Å². The number of methoxy groups -OCH3 is 1. The van der Waals surface area contributed by atoms with E-state index in [-0.39, 0.29) is 5.41 Å². The van der Waals surface area contributed by atoms with Crippen LogP contribution in [-0.4, -0.2) is 30.7 Å². The fourth-order valence-corrected chi connectivity index (χ4v) is 10.2. The molecule has 4 heteroatoms. The van der Waals surface area contributed by atoms with Crippen molar-refractivity contribution >= 4 is 8.07 Å². The topological polar surface area (TPSA) is 24.5 Å². The fourth-order valence-electron chi connectivity index (χ4n) is 6.58. The van der Waals surface area contributed by atoms with Crippen molar-refractivity contribution in [1.29, 1.82) is 0 Å². The lowest BCUT2D eigenvalue weighted by Gasteiger charge is -2.54. The molecule has 0 aliphatic carbocycles. The molecular weight excluding hydrogens is 447 g/mol. The number of hydrogen-bond donors (Lipinski definition) is 1. The number of piperidine rings is 1. The van der Waals surface area contributed by atoms with Crippen molar-refractivity contribution < 1.29 is 4.74 Å². The van der Waals surface area contributed by atoms with Gasteiger partial charge in [-0.1, -0.05) is 80.6 Å². The third kappa shape index (κ3) is 4.33. The Morgan fingerprint density at radius 1 is 0.914 bits per heavy atom. The summed E-state index contributed by atoms with van der Waals surface area (Å²) in [5.74, 6) is 2.26. The van der Waals surface area contributed by atoms with E-state index in [0.29, 0.717) is 11.4 Å². The molecule has 0 spiro atoms. The number of hydrogen-bond acceptors (Lipinski definition) is 3. The molecule has 1 N–H and O–H groups in total. The minimum absolute atomic E-state index is 0.0383. The molecule has 0 saturated carbocycles. The van der Waals surface area contributed by atoms with Crippen LogP contribution in [0, 0.1) is 5.92 Å². The van der Waals surface area contributed by atoms with Gasteiger partial charge in [-0.2, -0.15) is 0 Å². The van der Waals surface area contributed by atoms with E-state index in [0.717, 1.165) is 24.6 Å². The van der Waals surface area contributed by atoms with Crippen LogP contribution in [0.25, 0.3) is 0 Å². The van der Waals surface area contributed by atoms with Crippen molar-refractivity contribution in [1.82, 2.24) is 9.99 Å². The second-order valence-electron chi connectivity index (χ2n) is 11.1. The Hall–Kier alpha value is -2.19. The average molecular weight is 485 g/mol. The zero-order valence-electron chi connectivity index (χ0n) is 21.2. The van der Waals surface area contributed by atoms with E-state index in [4.69, 9.17) is 4.74 Å². The molecule has 4 heterocycles. The zero-order chi connectivity index (χ0) is 24.0. The molecule has 3 aromatic rings. The molecule has 35 heavy (non-hydrogen) atoms. The van der Waals surface area contributed by atoms with Crippen molar-refractivity contribution in [2.24, 2.45) is 5.92 Å². The molecule has 0 aromatic heterocycles. The normalized spacial score (nSPS) is 29.3. The summed E-state index contributed by atoms with van der Waals surface area (Å²) in [7, 11) is 1.38. The number of benzene rings is 3. The third-order valence-electron chi connectivity index (χ3n) is 8.43. The van der Waals surface area contributed by atoms with Gasteiger partial charge < -0.3 is 10.1 Å². The van der Waals surface area contributed by atoms with E-state index in [2.05, 4.69) is 96.6 Å². The number of ether oxygens (including phenoxy) is 1. The molecular formula is C31H37N2OP. The molecule has 0 amide bonds. The van der Waals surface area contributed by atoms with Crippen LogP contribution >= 0.6 is 8.07 Å². The average Bonchev–Trinajstić information content (AvgIpc) is 2.89. The minimum Gasteiger partial charge on any atom is -0.496 e. The van der Waals surface area contributed by atoms with Crippen LogP contribution in [0.15, 0.2) is 72.8 Å². The van der Waals surface area contributed by atoms with Gasteiger partial charge in [-0.25, -0.2) is 0 Å². The maximum atomic E-state index is 5.82. The van der Waals surface area contributed by atoms with E-state index in [1.54, 1.807) is 7.11 Å². The zero-order valence-corrected chi connectivity index (χ0v) is 22.1. The molecule has 0 radical (unpaired) electrons. The smallest absolute Gasteiger partial charge is 0.123 e. The Morgan fingerprint density at radius 3 is 2.46 bits per heavy atom. The molecule has 1 unspecified atom stereocenters. The summed E-state index contributed by atoms with van der Waals surface area (Å²) in [4.78, 5) is 0. The summed E-state index contributed by atoms with van der Waals surface area (Å²) < 4.78 is 8.67. The molecule has 3 aromatic carbocycles. The highest BCUT2D eigenvalue weighted by molar-refractivity contribution is 7.56. The van der Waals surface area contributed by atoms with Gasteiger partial charge in [0.05, 0.1) is 7.11 Å². The molecule has 6 bridgehead atoms. The lowest BCUT2D eigenvalue weighted by molar-refractivity contribution is 0.220. The SMILES string of the molecule is COc1ccc2cc1CN[C@H]1C3CCN(CC3)[P@]1C(c1ccccc1)c1cccc(c1)CC2(C)C. The first kappa shape index (κ1) is 23.2. The first-order valence-electron chi connectivity index (χ1n) is 13.1. The number of fused-ring (bicyclic) bond motifs is 6. The number of nitrogens with zero attached hydrogens (tertiary/aromatic N) is 1. The molecule has 4 aliphatic heterocycles. The fraction of sp³-hybridized carbons (Fsp3) is 0.419. The van der Waals surface area contributed by atoms with Crippen molar-refractivity contribution in [3.05, 3.63) is 101 Å². The quantitative estimate of drug-likeness (QED) is 0.402.